The first-order valence-corrected chi connectivity index (χ1v) is 12.2. The Hall–Kier alpha value is -2.85. The molecule has 1 aliphatic heterocycles. The molecule has 0 saturated heterocycles. The molecule has 1 unspecified atom stereocenters. The number of hydrogen-bond donors (Lipinski definition) is 1. The van der Waals surface area contributed by atoms with Gasteiger partial charge in [-0.05, 0) is 62.1 Å². The fourth-order valence-electron chi connectivity index (χ4n) is 5.62. The molecular formula is C27H29ClN4O2. The van der Waals surface area contributed by atoms with Crippen LogP contribution in [0.2, 0.25) is 5.02 Å². The Kier molecular flexibility index (Phi) is 6.11. The Bertz CT molecular complexity index is 1270. The maximum atomic E-state index is 13.9. The number of halogens is 1. The van der Waals surface area contributed by atoms with Gasteiger partial charge >= 0.3 is 0 Å². The average Bonchev–Trinajstić information content (AvgIpc) is 3.26. The highest BCUT2D eigenvalue weighted by molar-refractivity contribution is 6.31. The first-order valence-electron chi connectivity index (χ1n) is 11.8. The standard InChI is InChI=1S/C27H29ClN4O2/c1-18(34-2)30-21-15-27(16-21)23-7-3-4-8-25(23)32(26(27)33)17-22-14-19-13-20(28)9-10-24(19)31(22)12-6-5-11-29/h3-4,7-10,13-14,18,21,30H,5-6,12,15-17H2,1-2H3. The zero-order valence-electron chi connectivity index (χ0n) is 19.6. The van der Waals surface area contributed by atoms with Gasteiger partial charge in [-0.3, -0.25) is 10.1 Å². The molecule has 5 rings (SSSR count). The second kappa shape index (κ2) is 9.07. The molecule has 2 heterocycles. The van der Waals surface area contributed by atoms with Crippen LogP contribution < -0.4 is 10.2 Å². The Morgan fingerprint density at radius 2 is 2.06 bits per heavy atom. The lowest BCUT2D eigenvalue weighted by Gasteiger charge is -2.45. The summed E-state index contributed by atoms with van der Waals surface area (Å²) in [5.41, 5.74) is 3.78. The van der Waals surface area contributed by atoms with Crippen molar-refractivity contribution < 1.29 is 9.53 Å². The molecule has 7 heteroatoms. The molecule has 1 aliphatic carbocycles. The number of amides is 1. The topological polar surface area (TPSA) is 70.3 Å². The number of rotatable bonds is 8. The summed E-state index contributed by atoms with van der Waals surface area (Å²) in [4.78, 5) is 15.9. The summed E-state index contributed by atoms with van der Waals surface area (Å²) < 4.78 is 7.59. The molecule has 3 aromatic rings. The summed E-state index contributed by atoms with van der Waals surface area (Å²) in [6.45, 7) is 3.20. The van der Waals surface area contributed by atoms with Crippen LogP contribution in [0.4, 0.5) is 5.69 Å². The lowest BCUT2D eigenvalue weighted by atomic mass is 9.62. The second-order valence-corrected chi connectivity index (χ2v) is 9.83. The highest BCUT2D eigenvalue weighted by Gasteiger charge is 2.58. The normalized spacial score (nSPS) is 22.1. The van der Waals surface area contributed by atoms with Crippen LogP contribution in [0.25, 0.3) is 10.9 Å². The molecule has 0 bridgehead atoms. The molecular weight excluding hydrogens is 448 g/mol. The third-order valence-electron chi connectivity index (χ3n) is 7.32. The number of nitriles is 1. The van der Waals surface area contributed by atoms with Gasteiger partial charge < -0.3 is 14.2 Å². The van der Waals surface area contributed by atoms with Gasteiger partial charge in [-0.15, -0.1) is 0 Å². The smallest absolute Gasteiger partial charge is 0.238 e. The fourth-order valence-corrected chi connectivity index (χ4v) is 5.80. The van der Waals surface area contributed by atoms with E-state index in [1.54, 1.807) is 7.11 Å². The number of nitrogens with zero attached hydrogens (tertiary/aromatic N) is 3. The molecule has 1 spiro atoms. The van der Waals surface area contributed by atoms with Gasteiger partial charge in [-0.25, -0.2) is 0 Å². The number of ether oxygens (including phenoxy) is 1. The van der Waals surface area contributed by atoms with Crippen molar-refractivity contribution >= 4 is 34.1 Å². The lowest BCUT2D eigenvalue weighted by molar-refractivity contribution is -0.127. The van der Waals surface area contributed by atoms with E-state index >= 15 is 0 Å². The molecule has 1 aromatic heterocycles. The molecule has 1 N–H and O–H groups in total. The summed E-state index contributed by atoms with van der Waals surface area (Å²) in [6, 6.07) is 18.7. The molecule has 2 aromatic carbocycles. The van der Waals surface area contributed by atoms with E-state index in [0.717, 1.165) is 53.7 Å². The maximum absolute atomic E-state index is 13.9. The molecule has 0 radical (unpaired) electrons. The fraction of sp³-hybridized carbons (Fsp3) is 0.407. The highest BCUT2D eigenvalue weighted by atomic mass is 35.5. The minimum Gasteiger partial charge on any atom is -0.367 e. The molecule has 34 heavy (non-hydrogen) atoms. The predicted octanol–water partition coefficient (Wildman–Crippen LogP) is 5.13. The van der Waals surface area contributed by atoms with Crippen LogP contribution in [0.3, 0.4) is 0 Å². The highest BCUT2D eigenvalue weighted by Crippen LogP contribution is 2.54. The molecule has 6 nitrogen and oxygen atoms in total. The molecule has 1 amide bonds. The van der Waals surface area contributed by atoms with Crippen molar-refractivity contribution in [3.05, 3.63) is 64.8 Å². The zero-order valence-corrected chi connectivity index (χ0v) is 20.3. The Morgan fingerprint density at radius 3 is 2.82 bits per heavy atom. The van der Waals surface area contributed by atoms with Crippen molar-refractivity contribution in [3.63, 3.8) is 0 Å². The molecule has 176 valence electrons. The number of nitrogens with one attached hydrogen (secondary N) is 1. The number of hydrogen-bond acceptors (Lipinski definition) is 4. The number of aromatic nitrogens is 1. The number of carbonyl (C=O) groups excluding carboxylic acids is 1. The van der Waals surface area contributed by atoms with Gasteiger partial charge in [-0.1, -0.05) is 29.8 Å². The van der Waals surface area contributed by atoms with Crippen LogP contribution in [0.1, 0.15) is 43.9 Å². The van der Waals surface area contributed by atoms with E-state index in [2.05, 4.69) is 34.2 Å². The SMILES string of the molecule is COC(C)NC1CC2(C1)C(=O)N(Cc1cc3cc(Cl)ccc3n1CCCC#N)c1ccccc12. The largest absolute Gasteiger partial charge is 0.367 e. The number of benzene rings is 2. The third-order valence-corrected chi connectivity index (χ3v) is 7.55. The van der Waals surface area contributed by atoms with Crippen LogP contribution in [0, 0.1) is 11.3 Å². The van der Waals surface area contributed by atoms with Gasteiger partial charge in [0.05, 0.1) is 18.0 Å². The van der Waals surface area contributed by atoms with E-state index < -0.39 is 5.41 Å². The van der Waals surface area contributed by atoms with Gasteiger partial charge in [0.1, 0.15) is 6.23 Å². The van der Waals surface area contributed by atoms with Crippen molar-refractivity contribution in [2.45, 2.75) is 63.4 Å². The maximum Gasteiger partial charge on any atom is 0.238 e. The van der Waals surface area contributed by atoms with E-state index in [1.165, 1.54) is 0 Å². The quantitative estimate of drug-likeness (QED) is 0.361. The molecule has 1 fully saturated rings. The number of para-hydroxylation sites is 1. The van der Waals surface area contributed by atoms with Crippen LogP contribution in [0.5, 0.6) is 0 Å². The predicted molar refractivity (Wildman–Crippen MR) is 134 cm³/mol. The van der Waals surface area contributed by atoms with Crippen molar-refractivity contribution in [2.24, 2.45) is 0 Å². The first-order chi connectivity index (χ1) is 16.5. The van der Waals surface area contributed by atoms with Crippen LogP contribution >= 0.6 is 11.6 Å². The van der Waals surface area contributed by atoms with E-state index in [0.29, 0.717) is 18.0 Å². The van der Waals surface area contributed by atoms with Crippen LogP contribution in [-0.2, 0) is 28.0 Å². The number of aryl methyl sites for hydroxylation is 1. The average molecular weight is 477 g/mol. The number of anilines is 1. The summed E-state index contributed by atoms with van der Waals surface area (Å²) in [6.07, 6.45) is 2.76. The Balaban J connectivity index is 1.47. The zero-order chi connectivity index (χ0) is 23.9. The number of methoxy groups -OCH3 is 1. The van der Waals surface area contributed by atoms with E-state index in [9.17, 15) is 4.79 Å². The summed E-state index contributed by atoms with van der Waals surface area (Å²) >= 11 is 6.26. The number of carbonyl (C=O) groups is 1. The second-order valence-electron chi connectivity index (χ2n) is 9.39. The summed E-state index contributed by atoms with van der Waals surface area (Å²) in [5, 5.41) is 14.2. The Morgan fingerprint density at radius 1 is 1.26 bits per heavy atom. The lowest BCUT2D eigenvalue weighted by Crippen LogP contribution is -2.58. The number of fused-ring (bicyclic) bond motifs is 3. The summed E-state index contributed by atoms with van der Waals surface area (Å²) in [7, 11) is 1.69. The van der Waals surface area contributed by atoms with Gasteiger partial charge in [-0.2, -0.15) is 5.26 Å². The van der Waals surface area contributed by atoms with Crippen molar-refractivity contribution in [1.82, 2.24) is 9.88 Å². The van der Waals surface area contributed by atoms with Crippen molar-refractivity contribution in [2.75, 3.05) is 12.0 Å². The third kappa shape index (κ3) is 3.78. The Labute approximate surface area is 205 Å². The van der Waals surface area contributed by atoms with E-state index in [4.69, 9.17) is 21.6 Å². The molecule has 2 aliphatic rings. The minimum absolute atomic E-state index is 0.0406. The van der Waals surface area contributed by atoms with E-state index in [1.807, 2.05) is 42.2 Å². The van der Waals surface area contributed by atoms with Crippen molar-refractivity contribution in [3.8, 4) is 6.07 Å². The molecule has 1 saturated carbocycles. The van der Waals surface area contributed by atoms with Gasteiger partial charge in [0.15, 0.2) is 0 Å². The first kappa shape index (κ1) is 22.9. The monoisotopic (exact) mass is 476 g/mol. The van der Waals surface area contributed by atoms with Crippen LogP contribution in [0.15, 0.2) is 48.5 Å². The summed E-state index contributed by atoms with van der Waals surface area (Å²) in [5.74, 6) is 0.170. The molecule has 1 atom stereocenters. The van der Waals surface area contributed by atoms with E-state index in [-0.39, 0.29) is 18.2 Å². The number of unbranched alkanes of at least 4 members (excludes halogenated alkanes) is 1. The van der Waals surface area contributed by atoms with Crippen molar-refractivity contribution in [1.29, 1.82) is 5.26 Å². The minimum atomic E-state index is -0.470. The van der Waals surface area contributed by atoms with Gasteiger partial charge in [0.2, 0.25) is 5.91 Å². The van der Waals surface area contributed by atoms with Crippen LogP contribution in [-0.4, -0.2) is 29.9 Å². The van der Waals surface area contributed by atoms with Gasteiger partial charge in [0, 0.05) is 53.4 Å². The van der Waals surface area contributed by atoms with Gasteiger partial charge in [0.25, 0.3) is 0 Å².